The van der Waals surface area contributed by atoms with Crippen molar-refractivity contribution in [2.75, 3.05) is 9.62 Å². The average Bonchev–Trinajstić information content (AvgIpc) is 3.23. The first-order valence-corrected chi connectivity index (χ1v) is 13.7. The molecule has 0 atom stereocenters. The number of thioether (sulfide) groups is 1. The standard InChI is InChI=1S/C25H24ClN3O5S2/c1-25(2,3)29(24(30)31)22-12-16(10-11-27-22)15-35-21-9-8-18(26)14-19(21)28-36(32,33)23-13-17-6-4-5-7-20(17)34-23/h4-14,28H,15H2,1-3H3,(H,30,31). The molecule has 0 spiro atoms. The number of nitrogens with zero attached hydrogens (tertiary/aromatic N) is 2. The van der Waals surface area contributed by atoms with E-state index in [1.165, 1.54) is 28.8 Å². The predicted molar refractivity (Wildman–Crippen MR) is 143 cm³/mol. The Kier molecular flexibility index (Phi) is 7.21. The lowest BCUT2D eigenvalue weighted by molar-refractivity contribution is 0.195. The van der Waals surface area contributed by atoms with Crippen LogP contribution in [0.15, 0.2) is 81.3 Å². The third-order valence-corrected chi connectivity index (χ3v) is 7.75. The van der Waals surface area contributed by atoms with E-state index in [0.29, 0.717) is 38.1 Å². The summed E-state index contributed by atoms with van der Waals surface area (Å²) in [5, 5.41) is 10.5. The molecular weight excluding hydrogens is 522 g/mol. The molecule has 0 aliphatic carbocycles. The zero-order chi connectivity index (χ0) is 26.1. The lowest BCUT2D eigenvalue weighted by Crippen LogP contribution is -2.45. The van der Waals surface area contributed by atoms with Crippen LogP contribution in [-0.4, -0.2) is 30.1 Å². The van der Waals surface area contributed by atoms with E-state index >= 15 is 0 Å². The van der Waals surface area contributed by atoms with Crippen molar-refractivity contribution in [1.29, 1.82) is 0 Å². The largest absolute Gasteiger partial charge is 0.465 e. The molecule has 0 saturated carbocycles. The van der Waals surface area contributed by atoms with Crippen LogP contribution in [0.2, 0.25) is 5.02 Å². The Morgan fingerprint density at radius 3 is 2.58 bits per heavy atom. The zero-order valence-corrected chi connectivity index (χ0v) is 22.1. The molecule has 4 aromatic rings. The number of aromatic nitrogens is 1. The number of anilines is 2. The van der Waals surface area contributed by atoms with E-state index < -0.39 is 21.7 Å². The molecular formula is C25H24ClN3O5S2. The van der Waals surface area contributed by atoms with Gasteiger partial charge in [-0.05, 0) is 62.7 Å². The van der Waals surface area contributed by atoms with Gasteiger partial charge in [-0.2, -0.15) is 8.42 Å². The molecule has 8 nitrogen and oxygen atoms in total. The first kappa shape index (κ1) is 25.9. The summed E-state index contributed by atoms with van der Waals surface area (Å²) in [5.41, 5.74) is 0.923. The zero-order valence-electron chi connectivity index (χ0n) is 19.7. The van der Waals surface area contributed by atoms with Crippen molar-refractivity contribution in [2.45, 2.75) is 42.1 Å². The molecule has 2 heterocycles. The van der Waals surface area contributed by atoms with Gasteiger partial charge in [-0.15, -0.1) is 11.8 Å². The maximum absolute atomic E-state index is 13.1. The van der Waals surface area contributed by atoms with Gasteiger partial charge in [-0.3, -0.25) is 9.62 Å². The van der Waals surface area contributed by atoms with E-state index in [4.69, 9.17) is 16.0 Å². The summed E-state index contributed by atoms with van der Waals surface area (Å²) in [4.78, 5) is 17.9. The number of hydrogen-bond donors (Lipinski definition) is 2. The summed E-state index contributed by atoms with van der Waals surface area (Å²) < 4.78 is 34.2. The molecule has 11 heteroatoms. The van der Waals surface area contributed by atoms with Crippen molar-refractivity contribution < 1.29 is 22.7 Å². The Morgan fingerprint density at radius 1 is 1.14 bits per heavy atom. The molecule has 0 unspecified atom stereocenters. The fraction of sp³-hybridized carbons (Fsp3) is 0.200. The van der Waals surface area contributed by atoms with E-state index in [1.807, 2.05) is 0 Å². The van der Waals surface area contributed by atoms with E-state index in [2.05, 4.69) is 9.71 Å². The normalized spacial score (nSPS) is 12.0. The third kappa shape index (κ3) is 5.77. The molecule has 2 aromatic carbocycles. The van der Waals surface area contributed by atoms with Crippen molar-refractivity contribution in [2.24, 2.45) is 0 Å². The van der Waals surface area contributed by atoms with Gasteiger partial charge in [0.2, 0.25) is 5.09 Å². The molecule has 4 rings (SSSR count). The molecule has 2 aromatic heterocycles. The van der Waals surface area contributed by atoms with Gasteiger partial charge in [0, 0.05) is 38.9 Å². The van der Waals surface area contributed by atoms with E-state index in [-0.39, 0.29) is 5.09 Å². The Labute approximate surface area is 218 Å². The molecule has 0 bridgehead atoms. The highest BCUT2D eigenvalue weighted by Gasteiger charge is 2.29. The first-order valence-electron chi connectivity index (χ1n) is 10.9. The number of pyridine rings is 1. The summed E-state index contributed by atoms with van der Waals surface area (Å²) in [6.45, 7) is 5.37. The van der Waals surface area contributed by atoms with Crippen LogP contribution in [0.3, 0.4) is 0 Å². The number of carboxylic acid groups (broad SMARTS) is 1. The number of benzene rings is 2. The second-order valence-corrected chi connectivity index (χ2v) is 12.0. The Balaban J connectivity index is 1.57. The van der Waals surface area contributed by atoms with Gasteiger partial charge in [-0.25, -0.2) is 9.78 Å². The number of carbonyl (C=O) groups is 1. The summed E-state index contributed by atoms with van der Waals surface area (Å²) in [7, 11) is -4.01. The second kappa shape index (κ2) is 10.0. The molecule has 0 fully saturated rings. The number of halogens is 1. The van der Waals surface area contributed by atoms with Crippen molar-refractivity contribution in [3.8, 4) is 0 Å². The summed E-state index contributed by atoms with van der Waals surface area (Å²) in [5.74, 6) is 0.753. The third-order valence-electron chi connectivity index (χ3n) is 5.15. The quantitative estimate of drug-likeness (QED) is 0.244. The highest BCUT2D eigenvalue weighted by atomic mass is 35.5. The number of para-hydroxylation sites is 1. The molecule has 0 radical (unpaired) electrons. The number of sulfonamides is 1. The number of amides is 1. The highest BCUT2D eigenvalue weighted by Crippen LogP contribution is 2.35. The lowest BCUT2D eigenvalue weighted by atomic mass is 10.1. The van der Waals surface area contributed by atoms with Gasteiger partial charge in [0.1, 0.15) is 11.4 Å². The van der Waals surface area contributed by atoms with Gasteiger partial charge < -0.3 is 9.52 Å². The van der Waals surface area contributed by atoms with E-state index in [1.54, 1.807) is 75.5 Å². The van der Waals surface area contributed by atoms with Crippen LogP contribution >= 0.6 is 23.4 Å². The van der Waals surface area contributed by atoms with E-state index in [9.17, 15) is 18.3 Å². The average molecular weight is 546 g/mol. The monoisotopic (exact) mass is 545 g/mol. The van der Waals surface area contributed by atoms with Gasteiger partial charge >= 0.3 is 6.09 Å². The Bertz CT molecular complexity index is 1500. The highest BCUT2D eigenvalue weighted by molar-refractivity contribution is 7.98. The van der Waals surface area contributed by atoms with Crippen LogP contribution < -0.4 is 9.62 Å². The number of nitrogens with one attached hydrogen (secondary N) is 1. The van der Waals surface area contributed by atoms with Gasteiger partial charge in [0.05, 0.1) is 5.69 Å². The maximum Gasteiger partial charge on any atom is 0.413 e. The minimum Gasteiger partial charge on any atom is -0.465 e. The molecule has 2 N–H and O–H groups in total. The minimum absolute atomic E-state index is 0.200. The van der Waals surface area contributed by atoms with Crippen LogP contribution in [0.1, 0.15) is 26.3 Å². The molecule has 36 heavy (non-hydrogen) atoms. The first-order chi connectivity index (χ1) is 16.9. The van der Waals surface area contributed by atoms with Crippen LogP contribution in [0.25, 0.3) is 11.0 Å². The van der Waals surface area contributed by atoms with Gasteiger partial charge in [0.25, 0.3) is 10.0 Å². The van der Waals surface area contributed by atoms with Crippen LogP contribution in [0.4, 0.5) is 16.3 Å². The number of furan rings is 1. The van der Waals surface area contributed by atoms with Crippen LogP contribution in [0.5, 0.6) is 0 Å². The topological polar surface area (TPSA) is 113 Å². The fourth-order valence-electron chi connectivity index (χ4n) is 3.56. The summed E-state index contributed by atoms with van der Waals surface area (Å²) in [6, 6.07) is 16.9. The molecule has 0 aliphatic heterocycles. The summed E-state index contributed by atoms with van der Waals surface area (Å²) in [6.07, 6.45) is 0.458. The molecule has 188 valence electrons. The van der Waals surface area contributed by atoms with Crippen molar-refractivity contribution in [3.05, 3.63) is 77.4 Å². The van der Waals surface area contributed by atoms with Gasteiger partial charge in [-0.1, -0.05) is 29.8 Å². The minimum atomic E-state index is -4.01. The Morgan fingerprint density at radius 2 is 1.89 bits per heavy atom. The smallest absolute Gasteiger partial charge is 0.413 e. The predicted octanol–water partition coefficient (Wildman–Crippen LogP) is 6.86. The van der Waals surface area contributed by atoms with Crippen LogP contribution in [-0.2, 0) is 15.8 Å². The lowest BCUT2D eigenvalue weighted by Gasteiger charge is -2.32. The van der Waals surface area contributed by atoms with Crippen molar-refractivity contribution in [1.82, 2.24) is 4.98 Å². The van der Waals surface area contributed by atoms with Crippen molar-refractivity contribution >= 4 is 62.0 Å². The SMILES string of the molecule is CC(C)(C)N(C(=O)O)c1cc(CSc2ccc(Cl)cc2NS(=O)(=O)c2cc3ccccc3o2)ccn1. The molecule has 0 aliphatic rings. The van der Waals surface area contributed by atoms with Gasteiger partial charge in [0.15, 0.2) is 0 Å². The van der Waals surface area contributed by atoms with Crippen LogP contribution in [0, 0.1) is 0 Å². The molecule has 0 saturated heterocycles. The van der Waals surface area contributed by atoms with E-state index in [0.717, 1.165) is 5.56 Å². The number of rotatable bonds is 7. The Hall–Kier alpha value is -3.21. The maximum atomic E-state index is 13.1. The second-order valence-electron chi connectivity index (χ2n) is 8.95. The molecule has 1 amide bonds. The summed E-state index contributed by atoms with van der Waals surface area (Å²) >= 11 is 7.54. The van der Waals surface area contributed by atoms with Crippen molar-refractivity contribution in [3.63, 3.8) is 0 Å². The fourth-order valence-corrected chi connectivity index (χ4v) is 5.76. The number of fused-ring (bicyclic) bond motifs is 1. The number of hydrogen-bond acceptors (Lipinski definition) is 6.